The van der Waals surface area contributed by atoms with Crippen molar-refractivity contribution in [2.45, 2.75) is 62.4 Å². The van der Waals surface area contributed by atoms with Crippen LogP contribution in [0.5, 0.6) is 0 Å². The second kappa shape index (κ2) is 20.4. The number of nitrogens with zero attached hydrogens (tertiary/aromatic N) is 2. The van der Waals surface area contributed by atoms with Crippen molar-refractivity contribution in [3.63, 3.8) is 0 Å². The molecular formula is C37H44N4O16P2. The number of phosphoric ester groups is 1. The third kappa shape index (κ3) is 11.9. The number of hydrogen-bond acceptors (Lipinski definition) is 17. The van der Waals surface area contributed by atoms with Gasteiger partial charge in [0.25, 0.3) is 0 Å². The lowest BCUT2D eigenvalue weighted by molar-refractivity contribution is -0.175. The lowest BCUT2D eigenvalue weighted by Crippen LogP contribution is -2.55. The van der Waals surface area contributed by atoms with Crippen LogP contribution in [0.15, 0.2) is 115 Å². The van der Waals surface area contributed by atoms with Gasteiger partial charge in [0.05, 0.1) is 32.0 Å². The second-order valence-electron chi connectivity index (χ2n) is 12.8. The number of aliphatic hydroxyl groups excluding tert-OH is 2. The monoisotopic (exact) mass is 862 g/mol. The molecule has 0 aliphatic carbocycles. The van der Waals surface area contributed by atoms with E-state index in [4.69, 9.17) is 42.8 Å². The van der Waals surface area contributed by atoms with Gasteiger partial charge in [-0.15, -0.1) is 13.2 Å². The number of nitrogen functional groups attached to an aromatic ring is 1. The Morgan fingerprint density at radius 2 is 1.64 bits per heavy atom. The SMILES string of the molecule is C=CCOP(=O)(OCC=C)C(OP(=O)(O)OC[C@H]1O[C@@H](n2ccc(N)nc2=O)[C@H](O)[C@@H]1O)C1=C[C@H](OC(=O)c2ccccc2)[C@@H](NC(C)=O)[C@H](OCc2ccccc2)O1. The van der Waals surface area contributed by atoms with Crippen LogP contribution >= 0.6 is 15.4 Å². The van der Waals surface area contributed by atoms with Crippen LogP contribution in [0, 0.1) is 0 Å². The highest BCUT2D eigenvalue weighted by atomic mass is 31.2. The fourth-order valence-corrected chi connectivity index (χ4v) is 8.75. The molecule has 22 heteroatoms. The molecule has 2 aliphatic rings. The van der Waals surface area contributed by atoms with Gasteiger partial charge in [-0.05, 0) is 29.8 Å². The fourth-order valence-electron chi connectivity index (χ4n) is 5.75. The summed E-state index contributed by atoms with van der Waals surface area (Å²) in [5.41, 5.74) is 5.39. The zero-order valence-electron chi connectivity index (χ0n) is 31.5. The van der Waals surface area contributed by atoms with E-state index in [-0.39, 0.29) is 18.0 Å². The number of aliphatic hydroxyl groups is 2. The van der Waals surface area contributed by atoms with Gasteiger partial charge in [0.2, 0.25) is 18.0 Å². The van der Waals surface area contributed by atoms with E-state index in [0.717, 1.165) is 10.6 Å². The molecular weight excluding hydrogens is 818 g/mol. The molecule has 3 aromatic rings. The van der Waals surface area contributed by atoms with Crippen molar-refractivity contribution in [2.75, 3.05) is 25.6 Å². The Morgan fingerprint density at radius 3 is 2.25 bits per heavy atom. The van der Waals surface area contributed by atoms with E-state index < -0.39 is 107 Å². The zero-order valence-corrected chi connectivity index (χ0v) is 33.3. The molecule has 3 heterocycles. The van der Waals surface area contributed by atoms with Crippen LogP contribution in [0.3, 0.4) is 0 Å². The van der Waals surface area contributed by atoms with Crippen LogP contribution in [0.4, 0.5) is 5.82 Å². The van der Waals surface area contributed by atoms with Crippen molar-refractivity contribution < 1.29 is 70.9 Å². The Balaban J connectivity index is 1.51. The van der Waals surface area contributed by atoms with Gasteiger partial charge < -0.3 is 54.2 Å². The van der Waals surface area contributed by atoms with E-state index in [2.05, 4.69) is 23.5 Å². The standard InChI is InChI=1S/C37H44N4O16P2/c1-4-18-51-58(47,52-19-5-2)36(57-59(48,49)53-22-28-31(43)32(44)33(54-28)41-17-16-29(38)40-37(41)46)27-20-26(55-34(45)25-14-10-7-11-15-25)30(39-23(3)42)35(56-27)50-21-24-12-8-6-9-13-24/h4-17,20,26,28,30-33,35-36,43-44H,1-2,18-19,21-22H2,3H3,(H,39,42)(H,48,49)(H2,38,40,46)/t26-,28+,30+,31+,32+,33+,35+,36?/m0/s1. The number of ether oxygens (including phenoxy) is 4. The molecule has 6 N–H and O–H groups in total. The van der Waals surface area contributed by atoms with Crippen molar-refractivity contribution in [2.24, 2.45) is 0 Å². The van der Waals surface area contributed by atoms with Gasteiger partial charge in [0.1, 0.15) is 35.9 Å². The minimum atomic E-state index is -5.49. The van der Waals surface area contributed by atoms with Crippen molar-refractivity contribution in [3.05, 3.63) is 132 Å². The third-order valence-electron chi connectivity index (χ3n) is 8.48. The van der Waals surface area contributed by atoms with E-state index in [1.165, 1.54) is 43.5 Å². The number of rotatable bonds is 20. The van der Waals surface area contributed by atoms with Crippen LogP contribution in [-0.2, 0) is 57.6 Å². The number of aromatic nitrogens is 2. The van der Waals surface area contributed by atoms with Gasteiger partial charge in [-0.25, -0.2) is 14.2 Å². The van der Waals surface area contributed by atoms with E-state index >= 15 is 0 Å². The first-order valence-corrected chi connectivity index (χ1v) is 20.9. The number of nitrogens with one attached hydrogen (secondary N) is 1. The van der Waals surface area contributed by atoms with Crippen molar-refractivity contribution >= 4 is 33.1 Å². The van der Waals surface area contributed by atoms with Crippen LogP contribution in [0.2, 0.25) is 0 Å². The summed E-state index contributed by atoms with van der Waals surface area (Å²) in [6, 6.07) is 16.6. The molecule has 0 radical (unpaired) electrons. The smallest absolute Gasteiger partial charge is 0.464 e. The molecule has 0 bridgehead atoms. The lowest BCUT2D eigenvalue weighted by Gasteiger charge is -2.39. The topological polar surface area (TPSA) is 276 Å². The summed E-state index contributed by atoms with van der Waals surface area (Å²) in [7, 11) is -10.3. The van der Waals surface area contributed by atoms with E-state index in [1.54, 1.807) is 48.5 Å². The second-order valence-corrected chi connectivity index (χ2v) is 16.3. The molecule has 2 unspecified atom stereocenters. The first kappa shape index (κ1) is 45.3. The quantitative estimate of drug-likeness (QED) is 0.0620. The largest absolute Gasteiger partial charge is 0.473 e. The molecule has 2 aliphatic heterocycles. The fraction of sp³-hybridized carbons (Fsp3) is 0.351. The Hall–Kier alpha value is -4.82. The normalized spacial score (nSPS) is 24.5. The maximum Gasteiger partial charge on any atom is 0.473 e. The molecule has 5 rings (SSSR count). The molecule has 20 nitrogen and oxygen atoms in total. The molecule has 9 atom stereocenters. The van der Waals surface area contributed by atoms with Crippen LogP contribution in [0.1, 0.15) is 29.1 Å². The molecule has 318 valence electrons. The summed E-state index contributed by atoms with van der Waals surface area (Å²) in [4.78, 5) is 53.1. The predicted octanol–water partition coefficient (Wildman–Crippen LogP) is 2.69. The molecule has 1 fully saturated rings. The number of phosphoric acid groups is 1. The van der Waals surface area contributed by atoms with E-state index in [1.807, 2.05) is 0 Å². The van der Waals surface area contributed by atoms with Gasteiger partial charge >= 0.3 is 27.1 Å². The number of nitrogens with two attached hydrogens (primary N) is 1. The average Bonchev–Trinajstić information content (AvgIpc) is 3.49. The van der Waals surface area contributed by atoms with Gasteiger partial charge in [0, 0.05) is 13.1 Å². The number of benzene rings is 2. The number of carbonyl (C=O) groups is 2. The summed E-state index contributed by atoms with van der Waals surface area (Å²) in [5, 5.41) is 24.0. The Labute approximate surface area is 337 Å². The predicted molar refractivity (Wildman–Crippen MR) is 207 cm³/mol. The zero-order chi connectivity index (χ0) is 42.7. The van der Waals surface area contributed by atoms with Gasteiger partial charge in [-0.1, -0.05) is 60.7 Å². The molecule has 1 saturated heterocycles. The highest BCUT2D eigenvalue weighted by Crippen LogP contribution is 2.62. The molecule has 1 amide bonds. The number of carbonyl (C=O) groups excluding carboxylic acids is 2. The summed E-state index contributed by atoms with van der Waals surface area (Å²) < 4.78 is 74.8. The maximum absolute atomic E-state index is 14.7. The third-order valence-corrected chi connectivity index (χ3v) is 11.6. The summed E-state index contributed by atoms with van der Waals surface area (Å²) >= 11 is 0. The van der Waals surface area contributed by atoms with Gasteiger partial charge in [0.15, 0.2) is 12.3 Å². The van der Waals surface area contributed by atoms with Crippen LogP contribution in [-0.4, -0.2) is 98.9 Å². The highest BCUT2D eigenvalue weighted by Gasteiger charge is 2.51. The van der Waals surface area contributed by atoms with Crippen LogP contribution < -0.4 is 16.7 Å². The van der Waals surface area contributed by atoms with E-state index in [9.17, 15) is 38.6 Å². The van der Waals surface area contributed by atoms with Crippen molar-refractivity contribution in [1.29, 1.82) is 0 Å². The molecule has 2 aromatic carbocycles. The first-order chi connectivity index (χ1) is 28.1. The minimum Gasteiger partial charge on any atom is -0.464 e. The van der Waals surface area contributed by atoms with E-state index in [0.29, 0.717) is 5.56 Å². The van der Waals surface area contributed by atoms with Crippen molar-refractivity contribution in [3.8, 4) is 0 Å². The van der Waals surface area contributed by atoms with Crippen LogP contribution in [0.25, 0.3) is 0 Å². The van der Waals surface area contributed by atoms with Gasteiger partial charge in [-0.2, -0.15) is 4.98 Å². The molecule has 0 spiro atoms. The Bertz CT molecular complexity index is 2110. The average molecular weight is 863 g/mol. The molecule has 0 saturated carbocycles. The van der Waals surface area contributed by atoms with Gasteiger partial charge in [-0.3, -0.25) is 23.0 Å². The maximum atomic E-state index is 14.7. The first-order valence-electron chi connectivity index (χ1n) is 17.8. The summed E-state index contributed by atoms with van der Waals surface area (Å²) in [6.07, 6.45) is -4.95. The molecule has 1 aromatic heterocycles. The lowest BCUT2D eigenvalue weighted by atomic mass is 10.1. The number of amides is 1. The summed E-state index contributed by atoms with van der Waals surface area (Å²) in [6.45, 7) is 6.32. The summed E-state index contributed by atoms with van der Waals surface area (Å²) in [5.74, 6) is -4.44. The van der Waals surface area contributed by atoms with Crippen molar-refractivity contribution in [1.82, 2.24) is 14.9 Å². The molecule has 59 heavy (non-hydrogen) atoms. The number of esters is 1. The Kier molecular flexibility index (Phi) is 15.7. The number of hydrogen-bond donors (Lipinski definition) is 5. The number of anilines is 1. The minimum absolute atomic E-state index is 0.115. The Morgan fingerprint density at radius 1 is 1.00 bits per heavy atom. The highest BCUT2D eigenvalue weighted by molar-refractivity contribution is 7.56.